The summed E-state index contributed by atoms with van der Waals surface area (Å²) in [5.41, 5.74) is 7.64. The molecule has 5 heteroatoms. The second-order valence-electron chi connectivity index (χ2n) is 4.75. The third-order valence-electron chi connectivity index (χ3n) is 3.14. The number of hydrogen-bond donors (Lipinski definition) is 1. The zero-order valence-electron chi connectivity index (χ0n) is 12.0. The molecule has 2 rings (SSSR count). The van der Waals surface area contributed by atoms with Gasteiger partial charge in [-0.05, 0) is 35.9 Å². The molecular formula is C16H17ClN2O2. The fourth-order valence-corrected chi connectivity index (χ4v) is 2.13. The summed E-state index contributed by atoms with van der Waals surface area (Å²) in [5, 5.41) is 0.446. The summed E-state index contributed by atoms with van der Waals surface area (Å²) in [7, 11) is 3.36. The first kappa shape index (κ1) is 15.2. The SMILES string of the molecule is COc1cccc(CN(C)C(=O)c2ccc(Cl)c(N)c2)c1. The number of benzene rings is 2. The number of rotatable bonds is 4. The van der Waals surface area contributed by atoms with E-state index in [0.29, 0.717) is 22.8 Å². The van der Waals surface area contributed by atoms with Crippen LogP contribution in [0.25, 0.3) is 0 Å². The molecular weight excluding hydrogens is 288 g/mol. The van der Waals surface area contributed by atoms with Crippen molar-refractivity contribution in [1.29, 1.82) is 0 Å². The van der Waals surface area contributed by atoms with E-state index < -0.39 is 0 Å². The van der Waals surface area contributed by atoms with E-state index in [4.69, 9.17) is 22.1 Å². The number of hydrogen-bond acceptors (Lipinski definition) is 3. The van der Waals surface area contributed by atoms with Gasteiger partial charge in [-0.1, -0.05) is 23.7 Å². The maximum atomic E-state index is 12.4. The molecule has 0 unspecified atom stereocenters. The zero-order valence-corrected chi connectivity index (χ0v) is 12.7. The smallest absolute Gasteiger partial charge is 0.253 e. The maximum absolute atomic E-state index is 12.4. The van der Waals surface area contributed by atoms with Crippen molar-refractivity contribution in [3.05, 3.63) is 58.6 Å². The molecule has 0 bridgehead atoms. The molecule has 0 aliphatic carbocycles. The number of anilines is 1. The first-order chi connectivity index (χ1) is 10.0. The Labute approximate surface area is 129 Å². The average molecular weight is 305 g/mol. The van der Waals surface area contributed by atoms with Crippen LogP contribution < -0.4 is 10.5 Å². The summed E-state index contributed by atoms with van der Waals surface area (Å²) in [4.78, 5) is 14.0. The number of carbonyl (C=O) groups excluding carboxylic acids is 1. The highest BCUT2D eigenvalue weighted by Gasteiger charge is 2.13. The standard InChI is InChI=1S/C16H17ClN2O2/c1-19(10-11-4-3-5-13(8-11)21-2)16(20)12-6-7-14(17)15(18)9-12/h3-9H,10,18H2,1-2H3. The minimum absolute atomic E-state index is 0.110. The topological polar surface area (TPSA) is 55.6 Å². The van der Waals surface area contributed by atoms with E-state index in [0.717, 1.165) is 11.3 Å². The zero-order chi connectivity index (χ0) is 15.4. The molecule has 0 aliphatic rings. The molecule has 0 aromatic heterocycles. The van der Waals surface area contributed by atoms with Crippen LogP contribution in [0.4, 0.5) is 5.69 Å². The highest BCUT2D eigenvalue weighted by atomic mass is 35.5. The van der Waals surface area contributed by atoms with Crippen molar-refractivity contribution in [2.75, 3.05) is 19.9 Å². The fraction of sp³-hybridized carbons (Fsp3) is 0.188. The number of methoxy groups -OCH3 is 1. The summed E-state index contributed by atoms with van der Waals surface area (Å²) in [6, 6.07) is 12.5. The van der Waals surface area contributed by atoms with Gasteiger partial charge in [0.15, 0.2) is 0 Å². The van der Waals surface area contributed by atoms with Crippen LogP contribution in [-0.4, -0.2) is 25.0 Å². The van der Waals surface area contributed by atoms with E-state index >= 15 is 0 Å². The molecule has 110 valence electrons. The predicted molar refractivity (Wildman–Crippen MR) is 84.7 cm³/mol. The lowest BCUT2D eigenvalue weighted by Crippen LogP contribution is -2.26. The number of amides is 1. The van der Waals surface area contributed by atoms with Gasteiger partial charge in [-0.25, -0.2) is 0 Å². The molecule has 0 fully saturated rings. The Bertz CT molecular complexity index is 658. The molecule has 0 radical (unpaired) electrons. The molecule has 0 saturated carbocycles. The molecule has 21 heavy (non-hydrogen) atoms. The lowest BCUT2D eigenvalue weighted by molar-refractivity contribution is 0.0785. The van der Waals surface area contributed by atoms with Gasteiger partial charge in [-0.15, -0.1) is 0 Å². The van der Waals surface area contributed by atoms with E-state index in [1.54, 1.807) is 37.3 Å². The minimum Gasteiger partial charge on any atom is -0.497 e. The molecule has 0 saturated heterocycles. The monoisotopic (exact) mass is 304 g/mol. The lowest BCUT2D eigenvalue weighted by Gasteiger charge is -2.18. The van der Waals surface area contributed by atoms with Crippen molar-refractivity contribution in [2.24, 2.45) is 0 Å². The lowest BCUT2D eigenvalue weighted by atomic mass is 10.1. The quantitative estimate of drug-likeness (QED) is 0.883. The molecule has 0 aliphatic heterocycles. The molecule has 4 nitrogen and oxygen atoms in total. The molecule has 0 heterocycles. The first-order valence-electron chi connectivity index (χ1n) is 6.44. The Morgan fingerprint density at radius 1 is 1.29 bits per heavy atom. The number of ether oxygens (including phenoxy) is 1. The predicted octanol–water partition coefficient (Wildman–Crippen LogP) is 3.20. The van der Waals surface area contributed by atoms with E-state index in [-0.39, 0.29) is 5.91 Å². The summed E-state index contributed by atoms with van der Waals surface area (Å²) < 4.78 is 5.18. The summed E-state index contributed by atoms with van der Waals surface area (Å²) in [6.45, 7) is 0.485. The van der Waals surface area contributed by atoms with Crippen LogP contribution in [0, 0.1) is 0 Å². The molecule has 1 amide bonds. The molecule has 0 atom stereocenters. The Balaban J connectivity index is 2.13. The van der Waals surface area contributed by atoms with Crippen molar-refractivity contribution in [2.45, 2.75) is 6.54 Å². The fourth-order valence-electron chi connectivity index (χ4n) is 2.01. The molecule has 2 aromatic carbocycles. The van der Waals surface area contributed by atoms with Crippen molar-refractivity contribution in [3.8, 4) is 5.75 Å². The van der Waals surface area contributed by atoms with Crippen LogP contribution >= 0.6 is 11.6 Å². The average Bonchev–Trinajstić information content (AvgIpc) is 2.49. The van der Waals surface area contributed by atoms with Crippen molar-refractivity contribution < 1.29 is 9.53 Å². The van der Waals surface area contributed by atoms with E-state index in [1.165, 1.54) is 0 Å². The van der Waals surface area contributed by atoms with Gasteiger partial charge < -0.3 is 15.4 Å². The van der Waals surface area contributed by atoms with E-state index in [1.807, 2.05) is 24.3 Å². The van der Waals surface area contributed by atoms with Crippen molar-refractivity contribution >= 4 is 23.2 Å². The summed E-state index contributed by atoms with van der Waals surface area (Å²) in [6.07, 6.45) is 0. The van der Waals surface area contributed by atoms with Crippen LogP contribution in [0.15, 0.2) is 42.5 Å². The Kier molecular flexibility index (Phi) is 4.70. The van der Waals surface area contributed by atoms with Crippen molar-refractivity contribution in [1.82, 2.24) is 4.90 Å². The Morgan fingerprint density at radius 3 is 2.71 bits per heavy atom. The number of carbonyl (C=O) groups is 1. The third kappa shape index (κ3) is 3.67. The number of nitrogen functional groups attached to an aromatic ring is 1. The van der Waals surface area contributed by atoms with Crippen LogP contribution in [0.2, 0.25) is 5.02 Å². The number of halogens is 1. The van der Waals surface area contributed by atoms with Gasteiger partial charge in [0, 0.05) is 19.2 Å². The molecule has 0 spiro atoms. The summed E-state index contributed by atoms with van der Waals surface area (Å²) >= 11 is 5.86. The van der Waals surface area contributed by atoms with Gasteiger partial charge in [-0.3, -0.25) is 4.79 Å². The van der Waals surface area contributed by atoms with Crippen molar-refractivity contribution in [3.63, 3.8) is 0 Å². The van der Waals surface area contributed by atoms with Gasteiger partial charge in [-0.2, -0.15) is 0 Å². The highest BCUT2D eigenvalue weighted by molar-refractivity contribution is 6.33. The Morgan fingerprint density at radius 2 is 2.05 bits per heavy atom. The van der Waals surface area contributed by atoms with Crippen LogP contribution in [0.3, 0.4) is 0 Å². The molecule has 2 aromatic rings. The first-order valence-corrected chi connectivity index (χ1v) is 6.82. The van der Waals surface area contributed by atoms with Gasteiger partial charge in [0.05, 0.1) is 17.8 Å². The van der Waals surface area contributed by atoms with Crippen LogP contribution in [0.1, 0.15) is 15.9 Å². The van der Waals surface area contributed by atoms with Gasteiger partial charge in [0.2, 0.25) is 0 Å². The Hall–Kier alpha value is -2.20. The second kappa shape index (κ2) is 6.50. The largest absolute Gasteiger partial charge is 0.497 e. The highest BCUT2D eigenvalue weighted by Crippen LogP contribution is 2.21. The second-order valence-corrected chi connectivity index (χ2v) is 5.16. The van der Waals surface area contributed by atoms with Crippen LogP contribution in [0.5, 0.6) is 5.75 Å². The van der Waals surface area contributed by atoms with Gasteiger partial charge in [0.1, 0.15) is 5.75 Å². The normalized spacial score (nSPS) is 10.2. The van der Waals surface area contributed by atoms with Crippen LogP contribution in [-0.2, 0) is 6.54 Å². The minimum atomic E-state index is -0.110. The maximum Gasteiger partial charge on any atom is 0.253 e. The van der Waals surface area contributed by atoms with E-state index in [2.05, 4.69) is 0 Å². The number of nitrogens with two attached hydrogens (primary N) is 1. The number of nitrogens with zero attached hydrogens (tertiary/aromatic N) is 1. The third-order valence-corrected chi connectivity index (χ3v) is 3.49. The van der Waals surface area contributed by atoms with E-state index in [9.17, 15) is 4.79 Å². The summed E-state index contributed by atoms with van der Waals surface area (Å²) in [5.74, 6) is 0.658. The molecule has 2 N–H and O–H groups in total. The van der Waals surface area contributed by atoms with Gasteiger partial charge in [0.25, 0.3) is 5.91 Å². The van der Waals surface area contributed by atoms with Gasteiger partial charge >= 0.3 is 0 Å².